The second kappa shape index (κ2) is 6.49. The number of hydrogen-bond donors (Lipinski definition) is 2. The van der Waals surface area contributed by atoms with Crippen molar-refractivity contribution in [3.05, 3.63) is 69.8 Å². The maximum Gasteiger partial charge on any atom is 0.273 e. The highest BCUT2D eigenvalue weighted by Crippen LogP contribution is 2.19. The van der Waals surface area contributed by atoms with Crippen molar-refractivity contribution in [1.29, 1.82) is 0 Å². The first-order chi connectivity index (χ1) is 10.5. The third-order valence-corrected chi connectivity index (χ3v) is 2.97. The van der Waals surface area contributed by atoms with Gasteiger partial charge in [0.25, 0.3) is 5.69 Å². The topological polar surface area (TPSA) is 115 Å². The van der Waals surface area contributed by atoms with Crippen LogP contribution in [0.5, 0.6) is 0 Å². The van der Waals surface area contributed by atoms with Crippen molar-refractivity contribution in [2.24, 2.45) is 5.73 Å². The van der Waals surface area contributed by atoms with Gasteiger partial charge >= 0.3 is 0 Å². The Balaban J connectivity index is 2.12. The number of hydrogen-bond acceptors (Lipinski definition) is 4. The smallest absolute Gasteiger partial charge is 0.273 e. The van der Waals surface area contributed by atoms with Gasteiger partial charge in [-0.3, -0.25) is 19.7 Å². The van der Waals surface area contributed by atoms with Crippen LogP contribution in [0.1, 0.15) is 15.9 Å². The predicted octanol–water partition coefficient (Wildman–Crippen LogP) is 1.87. The maximum absolute atomic E-state index is 12.0. The molecule has 0 spiro atoms. The van der Waals surface area contributed by atoms with Gasteiger partial charge in [-0.25, -0.2) is 0 Å². The number of nitrogens with zero attached hydrogens (tertiary/aromatic N) is 1. The van der Waals surface area contributed by atoms with Crippen LogP contribution in [-0.2, 0) is 11.2 Å². The Bertz CT molecular complexity index is 743. The molecule has 2 aromatic rings. The Morgan fingerprint density at radius 2 is 1.86 bits per heavy atom. The lowest BCUT2D eigenvalue weighted by molar-refractivity contribution is -0.385. The van der Waals surface area contributed by atoms with Gasteiger partial charge in [0.2, 0.25) is 11.8 Å². The van der Waals surface area contributed by atoms with Crippen molar-refractivity contribution in [2.75, 3.05) is 5.32 Å². The second-order valence-corrected chi connectivity index (χ2v) is 4.56. The maximum atomic E-state index is 12.0. The average Bonchev–Trinajstić information content (AvgIpc) is 2.47. The molecule has 0 aliphatic rings. The van der Waals surface area contributed by atoms with Gasteiger partial charge in [-0.15, -0.1) is 0 Å². The zero-order chi connectivity index (χ0) is 16.1. The molecule has 2 rings (SSSR count). The summed E-state index contributed by atoms with van der Waals surface area (Å²) in [6.45, 7) is 0. The van der Waals surface area contributed by atoms with Crippen molar-refractivity contribution in [3.63, 3.8) is 0 Å². The standard InChI is InChI=1S/C15H13N3O4/c16-15(20)11-5-3-6-12(8-11)17-14(19)9-10-4-1-2-7-13(10)18(21)22/h1-8H,9H2,(H2,16,20)(H,17,19). The summed E-state index contributed by atoms with van der Waals surface area (Å²) >= 11 is 0. The number of nitrogens with one attached hydrogen (secondary N) is 1. The number of nitrogens with two attached hydrogens (primary N) is 1. The summed E-state index contributed by atoms with van der Waals surface area (Å²) in [6, 6.07) is 12.2. The summed E-state index contributed by atoms with van der Waals surface area (Å²) in [5.74, 6) is -1.02. The molecular weight excluding hydrogens is 286 g/mol. The first-order valence-electron chi connectivity index (χ1n) is 6.39. The quantitative estimate of drug-likeness (QED) is 0.647. The van der Waals surface area contributed by atoms with Gasteiger partial charge in [-0.05, 0) is 18.2 Å². The van der Waals surface area contributed by atoms with Gasteiger partial charge in [0, 0.05) is 22.9 Å². The van der Waals surface area contributed by atoms with E-state index in [9.17, 15) is 19.7 Å². The highest BCUT2D eigenvalue weighted by atomic mass is 16.6. The third kappa shape index (κ3) is 3.66. The summed E-state index contributed by atoms with van der Waals surface area (Å²) in [7, 11) is 0. The zero-order valence-electron chi connectivity index (χ0n) is 11.5. The molecular formula is C15H13N3O4. The van der Waals surface area contributed by atoms with Crippen LogP contribution < -0.4 is 11.1 Å². The normalized spacial score (nSPS) is 10.0. The molecule has 112 valence electrons. The number of rotatable bonds is 5. The first-order valence-corrected chi connectivity index (χ1v) is 6.39. The summed E-state index contributed by atoms with van der Waals surface area (Å²) < 4.78 is 0. The summed E-state index contributed by atoms with van der Waals surface area (Å²) in [6.07, 6.45) is -0.141. The van der Waals surface area contributed by atoms with Crippen LogP contribution in [0.2, 0.25) is 0 Å². The molecule has 0 aliphatic heterocycles. The van der Waals surface area contributed by atoms with Gasteiger partial charge in [0.1, 0.15) is 0 Å². The average molecular weight is 299 g/mol. The van der Waals surface area contributed by atoms with Crippen LogP contribution in [0.15, 0.2) is 48.5 Å². The summed E-state index contributed by atoms with van der Waals surface area (Å²) in [5, 5.41) is 13.5. The van der Waals surface area contributed by atoms with E-state index < -0.39 is 16.7 Å². The molecule has 0 aromatic heterocycles. The zero-order valence-corrected chi connectivity index (χ0v) is 11.5. The number of amides is 2. The molecule has 7 nitrogen and oxygen atoms in total. The summed E-state index contributed by atoms with van der Waals surface area (Å²) in [4.78, 5) is 33.4. The number of carbonyl (C=O) groups excluding carboxylic acids is 2. The molecule has 0 saturated heterocycles. The monoisotopic (exact) mass is 299 g/mol. The Labute approximate surface area is 125 Å². The lowest BCUT2D eigenvalue weighted by Gasteiger charge is -2.07. The Hall–Kier alpha value is -3.22. The van der Waals surface area contributed by atoms with Crippen molar-refractivity contribution in [2.45, 2.75) is 6.42 Å². The van der Waals surface area contributed by atoms with Crippen molar-refractivity contribution < 1.29 is 14.5 Å². The predicted molar refractivity (Wildman–Crippen MR) is 80.4 cm³/mol. The number of carbonyl (C=O) groups is 2. The molecule has 0 bridgehead atoms. The van der Waals surface area contributed by atoms with E-state index in [1.807, 2.05) is 0 Å². The van der Waals surface area contributed by atoms with Crippen molar-refractivity contribution >= 4 is 23.2 Å². The Kier molecular flexibility index (Phi) is 4.47. The number of nitro groups is 1. The lowest BCUT2D eigenvalue weighted by Crippen LogP contribution is -2.16. The van der Waals surface area contributed by atoms with E-state index in [0.29, 0.717) is 11.3 Å². The SMILES string of the molecule is NC(=O)c1cccc(NC(=O)Cc2ccccc2[N+](=O)[O-])c1. The Morgan fingerprint density at radius 3 is 2.55 bits per heavy atom. The van der Waals surface area contributed by atoms with Gasteiger partial charge in [-0.1, -0.05) is 24.3 Å². The minimum Gasteiger partial charge on any atom is -0.366 e. The van der Waals surface area contributed by atoms with E-state index >= 15 is 0 Å². The van der Waals surface area contributed by atoms with Gasteiger partial charge < -0.3 is 11.1 Å². The molecule has 22 heavy (non-hydrogen) atoms. The van der Waals surface area contributed by atoms with Gasteiger partial charge in [0.15, 0.2) is 0 Å². The molecule has 0 atom stereocenters. The van der Waals surface area contributed by atoms with Gasteiger partial charge in [-0.2, -0.15) is 0 Å². The molecule has 0 aliphatic carbocycles. The number of benzene rings is 2. The van der Waals surface area contributed by atoms with E-state index in [1.54, 1.807) is 18.2 Å². The fraction of sp³-hybridized carbons (Fsp3) is 0.0667. The minimum absolute atomic E-state index is 0.108. The number of primary amides is 1. The van der Waals surface area contributed by atoms with Crippen LogP contribution in [-0.4, -0.2) is 16.7 Å². The lowest BCUT2D eigenvalue weighted by atomic mass is 10.1. The van der Waals surface area contributed by atoms with Crippen LogP contribution in [0, 0.1) is 10.1 Å². The Morgan fingerprint density at radius 1 is 1.14 bits per heavy atom. The van der Waals surface area contributed by atoms with Crippen LogP contribution in [0.4, 0.5) is 11.4 Å². The van der Waals surface area contributed by atoms with E-state index in [-0.39, 0.29) is 17.7 Å². The van der Waals surface area contributed by atoms with E-state index in [4.69, 9.17) is 5.73 Å². The van der Waals surface area contributed by atoms with Crippen molar-refractivity contribution in [1.82, 2.24) is 0 Å². The molecule has 3 N–H and O–H groups in total. The first kappa shape index (κ1) is 15.2. The van der Waals surface area contributed by atoms with Crippen molar-refractivity contribution in [3.8, 4) is 0 Å². The molecule has 0 heterocycles. The molecule has 2 amide bonds. The largest absolute Gasteiger partial charge is 0.366 e. The highest BCUT2D eigenvalue weighted by molar-refractivity contribution is 5.97. The third-order valence-electron chi connectivity index (χ3n) is 2.97. The van der Waals surface area contributed by atoms with Crippen LogP contribution in [0.25, 0.3) is 0 Å². The number of nitro benzene ring substituents is 1. The second-order valence-electron chi connectivity index (χ2n) is 4.56. The van der Waals surface area contributed by atoms with E-state index in [2.05, 4.69) is 5.32 Å². The molecule has 0 radical (unpaired) electrons. The van der Waals surface area contributed by atoms with E-state index in [0.717, 1.165) is 0 Å². The van der Waals surface area contributed by atoms with Crippen LogP contribution in [0.3, 0.4) is 0 Å². The molecule has 7 heteroatoms. The molecule has 0 unspecified atom stereocenters. The molecule has 0 fully saturated rings. The number of anilines is 1. The number of para-hydroxylation sites is 1. The van der Waals surface area contributed by atoms with Crippen LogP contribution >= 0.6 is 0 Å². The van der Waals surface area contributed by atoms with E-state index in [1.165, 1.54) is 30.3 Å². The highest BCUT2D eigenvalue weighted by Gasteiger charge is 2.15. The molecule has 2 aromatic carbocycles. The molecule has 0 saturated carbocycles. The summed E-state index contributed by atoms with van der Waals surface area (Å²) in [5.41, 5.74) is 6.04. The van der Waals surface area contributed by atoms with Gasteiger partial charge in [0.05, 0.1) is 11.3 Å². The fourth-order valence-electron chi connectivity index (χ4n) is 1.97. The minimum atomic E-state index is -0.602. The fourth-order valence-corrected chi connectivity index (χ4v) is 1.97.